The van der Waals surface area contributed by atoms with E-state index in [0.717, 1.165) is 22.6 Å². The summed E-state index contributed by atoms with van der Waals surface area (Å²) in [4.78, 5) is 43.8. The highest BCUT2D eigenvalue weighted by molar-refractivity contribution is 7.10. The molecule has 0 bridgehead atoms. The number of para-hydroxylation sites is 1. The van der Waals surface area contributed by atoms with E-state index < -0.39 is 6.04 Å². The Balaban J connectivity index is 1.21. The van der Waals surface area contributed by atoms with Crippen molar-refractivity contribution in [1.82, 2.24) is 15.1 Å². The maximum Gasteiger partial charge on any atom is 0.254 e. The van der Waals surface area contributed by atoms with Gasteiger partial charge in [-0.05, 0) is 68.1 Å². The fourth-order valence-electron chi connectivity index (χ4n) is 5.16. The second kappa shape index (κ2) is 11.3. The van der Waals surface area contributed by atoms with Crippen LogP contribution < -0.4 is 15.8 Å². The summed E-state index contributed by atoms with van der Waals surface area (Å²) < 4.78 is 5.91. The van der Waals surface area contributed by atoms with Crippen LogP contribution in [0.25, 0.3) is 0 Å². The molecule has 3 heterocycles. The molecular formula is C29H31N5O4S. The van der Waals surface area contributed by atoms with Gasteiger partial charge in [-0.15, -0.1) is 11.3 Å². The lowest BCUT2D eigenvalue weighted by Crippen LogP contribution is -2.52. The number of thiophene rings is 1. The Bertz CT molecular complexity index is 1410. The van der Waals surface area contributed by atoms with Gasteiger partial charge in [0.25, 0.3) is 5.91 Å². The molecule has 10 heteroatoms. The van der Waals surface area contributed by atoms with Crippen LogP contribution in [0.5, 0.6) is 11.5 Å². The average molecular weight is 546 g/mol. The average Bonchev–Trinajstić information content (AvgIpc) is 3.56. The Morgan fingerprint density at radius 3 is 2.67 bits per heavy atom. The van der Waals surface area contributed by atoms with Gasteiger partial charge in [0.05, 0.1) is 6.54 Å². The normalized spacial score (nSPS) is 18.5. The summed E-state index contributed by atoms with van der Waals surface area (Å²) in [6, 6.07) is 16.0. The second-order valence-corrected chi connectivity index (χ2v) is 10.9. The third kappa shape index (κ3) is 5.80. The third-order valence-electron chi connectivity index (χ3n) is 7.21. The maximum absolute atomic E-state index is 13.4. The number of carbonyl (C=O) groups excluding carboxylic acids is 3. The SMILES string of the molecule is CC1CCC(C(=O)NCc2cc(C(=N)N)cs2)N1C(=O)CN1CCc2cc(Oc3ccccc3)ccc2C1=O. The van der Waals surface area contributed by atoms with Gasteiger partial charge in [-0.25, -0.2) is 0 Å². The van der Waals surface area contributed by atoms with E-state index in [4.69, 9.17) is 15.9 Å². The van der Waals surface area contributed by atoms with Gasteiger partial charge in [0.2, 0.25) is 11.8 Å². The summed E-state index contributed by atoms with van der Waals surface area (Å²) in [5.74, 6) is 0.741. The highest BCUT2D eigenvalue weighted by atomic mass is 32.1. The second-order valence-electron chi connectivity index (χ2n) is 9.89. The predicted octanol–water partition coefficient (Wildman–Crippen LogP) is 3.52. The number of hydrogen-bond donors (Lipinski definition) is 3. The minimum absolute atomic E-state index is 0.0129. The van der Waals surface area contributed by atoms with Crippen molar-refractivity contribution in [1.29, 1.82) is 5.41 Å². The number of nitrogens with two attached hydrogens (primary N) is 1. The van der Waals surface area contributed by atoms with E-state index >= 15 is 0 Å². The number of carbonyl (C=O) groups is 3. The lowest BCUT2D eigenvalue weighted by molar-refractivity contribution is -0.140. The van der Waals surface area contributed by atoms with Crippen molar-refractivity contribution in [2.45, 2.75) is 44.8 Å². The Labute approximate surface area is 231 Å². The molecule has 0 spiro atoms. The highest BCUT2D eigenvalue weighted by Crippen LogP contribution is 2.29. The largest absolute Gasteiger partial charge is 0.457 e. The molecule has 1 fully saturated rings. The fraction of sp³-hybridized carbons (Fsp3) is 0.310. The smallest absolute Gasteiger partial charge is 0.254 e. The van der Waals surface area contributed by atoms with Crippen LogP contribution in [-0.4, -0.2) is 58.5 Å². The zero-order chi connectivity index (χ0) is 27.5. The van der Waals surface area contributed by atoms with Crippen molar-refractivity contribution in [2.75, 3.05) is 13.1 Å². The van der Waals surface area contributed by atoms with E-state index in [0.29, 0.717) is 42.8 Å². The van der Waals surface area contributed by atoms with Crippen molar-refractivity contribution in [3.63, 3.8) is 0 Å². The van der Waals surface area contributed by atoms with Crippen LogP contribution in [0.1, 0.15) is 46.1 Å². The molecule has 2 unspecified atom stereocenters. The van der Waals surface area contributed by atoms with E-state index in [2.05, 4.69) is 5.32 Å². The van der Waals surface area contributed by atoms with Crippen molar-refractivity contribution in [2.24, 2.45) is 5.73 Å². The summed E-state index contributed by atoms with van der Waals surface area (Å²) in [5, 5.41) is 12.2. The zero-order valence-corrected chi connectivity index (χ0v) is 22.5. The standard InChI is InChI=1S/C29H31N5O4S/c1-18-7-10-25(28(36)32-15-23-14-20(17-39-23)27(30)31)34(18)26(35)16-33-12-11-19-13-22(8-9-24(19)29(33)37)38-21-5-3-2-4-6-21/h2-6,8-9,13-14,17-18,25H,7,10-12,15-16H2,1H3,(H3,30,31)(H,32,36). The first kappa shape index (κ1) is 26.4. The molecule has 0 saturated carbocycles. The van der Waals surface area contributed by atoms with Crippen molar-refractivity contribution < 1.29 is 19.1 Å². The van der Waals surface area contributed by atoms with Crippen molar-refractivity contribution >= 4 is 34.9 Å². The first-order valence-corrected chi connectivity index (χ1v) is 13.8. The Morgan fingerprint density at radius 2 is 1.92 bits per heavy atom. The number of nitrogens with zero attached hydrogens (tertiary/aromatic N) is 2. The molecule has 4 N–H and O–H groups in total. The number of fused-ring (bicyclic) bond motifs is 1. The Kier molecular flexibility index (Phi) is 7.65. The summed E-state index contributed by atoms with van der Waals surface area (Å²) in [6.07, 6.45) is 1.91. The molecule has 2 aromatic carbocycles. The number of hydrogen-bond acceptors (Lipinski definition) is 6. The number of benzene rings is 2. The van der Waals surface area contributed by atoms with Crippen LogP contribution in [0.4, 0.5) is 0 Å². The molecule has 9 nitrogen and oxygen atoms in total. The van der Waals surface area contributed by atoms with Gasteiger partial charge in [-0.1, -0.05) is 18.2 Å². The van der Waals surface area contributed by atoms with Crippen LogP contribution >= 0.6 is 11.3 Å². The Morgan fingerprint density at radius 1 is 1.13 bits per heavy atom. The van der Waals surface area contributed by atoms with Gasteiger partial charge >= 0.3 is 0 Å². The van der Waals surface area contributed by atoms with Gasteiger partial charge in [-0.2, -0.15) is 0 Å². The summed E-state index contributed by atoms with van der Waals surface area (Å²) in [7, 11) is 0. The molecule has 5 rings (SSSR count). The van der Waals surface area contributed by atoms with E-state index in [-0.39, 0.29) is 36.1 Å². The fourth-order valence-corrected chi connectivity index (χ4v) is 5.99. The zero-order valence-electron chi connectivity index (χ0n) is 21.7. The van der Waals surface area contributed by atoms with E-state index in [9.17, 15) is 14.4 Å². The van der Waals surface area contributed by atoms with Crippen LogP contribution in [0.3, 0.4) is 0 Å². The highest BCUT2D eigenvalue weighted by Gasteiger charge is 2.40. The molecular weight excluding hydrogens is 514 g/mol. The summed E-state index contributed by atoms with van der Waals surface area (Å²) >= 11 is 1.42. The Hall–Kier alpha value is -4.18. The van der Waals surface area contributed by atoms with Crippen molar-refractivity contribution in [3.8, 4) is 11.5 Å². The summed E-state index contributed by atoms with van der Waals surface area (Å²) in [5.41, 5.74) is 7.61. The number of amides is 3. The number of amidine groups is 1. The number of rotatable bonds is 8. The van der Waals surface area contributed by atoms with E-state index in [1.165, 1.54) is 11.3 Å². The number of ether oxygens (including phenoxy) is 1. The number of likely N-dealkylation sites (tertiary alicyclic amines) is 1. The van der Waals surface area contributed by atoms with Gasteiger partial charge in [0.15, 0.2) is 0 Å². The first-order chi connectivity index (χ1) is 18.8. The van der Waals surface area contributed by atoms with Crippen LogP contribution in [0.15, 0.2) is 60.0 Å². The molecule has 0 radical (unpaired) electrons. The molecule has 202 valence electrons. The molecule has 1 saturated heterocycles. The van der Waals surface area contributed by atoms with Crippen LogP contribution in [0, 0.1) is 5.41 Å². The minimum Gasteiger partial charge on any atom is -0.457 e. The monoisotopic (exact) mass is 545 g/mol. The topological polar surface area (TPSA) is 129 Å². The predicted molar refractivity (Wildman–Crippen MR) is 149 cm³/mol. The molecule has 2 atom stereocenters. The van der Waals surface area contributed by atoms with Gasteiger partial charge in [0, 0.05) is 34.0 Å². The molecule has 2 aliphatic heterocycles. The molecule has 3 aromatic rings. The van der Waals surface area contributed by atoms with Crippen LogP contribution in [0.2, 0.25) is 0 Å². The van der Waals surface area contributed by atoms with Crippen molar-refractivity contribution in [3.05, 3.63) is 81.5 Å². The molecule has 39 heavy (non-hydrogen) atoms. The maximum atomic E-state index is 13.4. The molecule has 1 aromatic heterocycles. The van der Waals surface area contributed by atoms with Gasteiger partial charge in [-0.3, -0.25) is 19.8 Å². The third-order valence-corrected chi connectivity index (χ3v) is 8.15. The quantitative estimate of drug-likeness (QED) is 0.295. The summed E-state index contributed by atoms with van der Waals surface area (Å²) in [6.45, 7) is 2.59. The van der Waals surface area contributed by atoms with Gasteiger partial charge < -0.3 is 25.6 Å². The molecule has 3 amide bonds. The lowest BCUT2D eigenvalue weighted by Gasteiger charge is -2.33. The van der Waals surface area contributed by atoms with Crippen LogP contribution in [-0.2, 0) is 22.6 Å². The van der Waals surface area contributed by atoms with E-state index in [1.54, 1.807) is 33.4 Å². The number of nitrogen functional groups attached to an aromatic ring is 1. The van der Waals surface area contributed by atoms with Gasteiger partial charge in [0.1, 0.15) is 29.9 Å². The number of nitrogens with one attached hydrogen (secondary N) is 2. The lowest BCUT2D eigenvalue weighted by atomic mass is 9.98. The molecule has 2 aliphatic rings. The molecule has 0 aliphatic carbocycles. The minimum atomic E-state index is -0.579. The first-order valence-electron chi connectivity index (χ1n) is 13.0. The van der Waals surface area contributed by atoms with E-state index in [1.807, 2.05) is 43.3 Å².